The fourth-order valence-corrected chi connectivity index (χ4v) is 6.12. The Morgan fingerprint density at radius 3 is 2.58 bits per heavy atom. The molecule has 1 saturated heterocycles. The maximum atomic E-state index is 15.8. The molecule has 1 fully saturated rings. The number of carbonyl (C=O) groups excluding carboxylic acids is 4. The van der Waals surface area contributed by atoms with Gasteiger partial charge in [-0.1, -0.05) is 44.2 Å². The molecular formula is C28H43FN4O9S. The third-order valence-corrected chi connectivity index (χ3v) is 10.4. The molecule has 1 aromatic rings. The molecule has 43 heavy (non-hydrogen) atoms. The standard InChI is InChI=1S/C28H43FN4O9S/c1-6-43(7-2)17-16-39-18-22(24(42-32-43)28(3,29)14-11-15-34)40-19-30-26(36)33(4)20-41-25(35)23(31-27(37)38-5)21-12-9-8-10-13-21/h8-15,22-24,32H,6-7,16-20H2,1-5H3,(H,30,36)(H,31,37)/b14-11-/t22-,23?,24?,28+/m1/s1. The van der Waals surface area contributed by atoms with Crippen LogP contribution in [0.2, 0.25) is 0 Å². The van der Waals surface area contributed by atoms with Gasteiger partial charge < -0.3 is 29.6 Å². The minimum atomic E-state index is -2.12. The largest absolute Gasteiger partial charge is 0.453 e. The van der Waals surface area contributed by atoms with Gasteiger partial charge in [0.05, 0.1) is 20.3 Å². The molecule has 2 rings (SSSR count). The first-order chi connectivity index (χ1) is 20.5. The Morgan fingerprint density at radius 2 is 1.95 bits per heavy atom. The topological polar surface area (TPSA) is 154 Å². The summed E-state index contributed by atoms with van der Waals surface area (Å²) in [5.41, 5.74) is -1.66. The van der Waals surface area contributed by atoms with Gasteiger partial charge in [-0.05, 0) is 36.1 Å². The second-order valence-corrected chi connectivity index (χ2v) is 13.6. The lowest BCUT2D eigenvalue weighted by Crippen LogP contribution is -2.51. The van der Waals surface area contributed by atoms with E-state index in [1.807, 2.05) is 13.8 Å². The molecule has 0 spiro atoms. The highest BCUT2D eigenvalue weighted by molar-refractivity contribution is 8.32. The van der Waals surface area contributed by atoms with Crippen LogP contribution in [-0.2, 0) is 33.4 Å². The molecule has 13 nitrogen and oxygen atoms in total. The van der Waals surface area contributed by atoms with E-state index >= 15 is 4.39 Å². The number of ether oxygens (including phenoxy) is 4. The number of benzene rings is 1. The lowest BCUT2D eigenvalue weighted by molar-refractivity contribution is -0.153. The van der Waals surface area contributed by atoms with Crippen LogP contribution in [-0.4, -0.2) is 105 Å². The van der Waals surface area contributed by atoms with Gasteiger partial charge in [0.15, 0.2) is 18.4 Å². The van der Waals surface area contributed by atoms with Crippen molar-refractivity contribution < 1.29 is 47.4 Å². The highest BCUT2D eigenvalue weighted by Gasteiger charge is 2.42. The van der Waals surface area contributed by atoms with E-state index in [1.54, 1.807) is 30.3 Å². The summed E-state index contributed by atoms with van der Waals surface area (Å²) in [6.45, 7) is 4.89. The van der Waals surface area contributed by atoms with Crippen LogP contribution in [0.15, 0.2) is 42.5 Å². The van der Waals surface area contributed by atoms with Gasteiger partial charge in [-0.15, -0.1) is 0 Å². The number of hydrogen-bond donors (Lipinski definition) is 3. The van der Waals surface area contributed by atoms with E-state index in [0.29, 0.717) is 24.2 Å². The minimum absolute atomic E-state index is 0.0267. The van der Waals surface area contributed by atoms with Crippen molar-refractivity contribution in [3.63, 3.8) is 0 Å². The molecule has 1 aliphatic rings. The zero-order chi connectivity index (χ0) is 31.9. The molecule has 15 heteroatoms. The van der Waals surface area contributed by atoms with Gasteiger partial charge in [0.25, 0.3) is 0 Å². The van der Waals surface area contributed by atoms with E-state index in [1.165, 1.54) is 21.1 Å². The van der Waals surface area contributed by atoms with Gasteiger partial charge in [-0.2, -0.15) is 15.1 Å². The summed E-state index contributed by atoms with van der Waals surface area (Å²) in [6, 6.07) is 6.58. The first-order valence-electron chi connectivity index (χ1n) is 13.8. The van der Waals surface area contributed by atoms with Crippen molar-refractivity contribution in [2.24, 2.45) is 0 Å². The molecule has 3 N–H and O–H groups in total. The first-order valence-corrected chi connectivity index (χ1v) is 15.9. The fourth-order valence-electron chi connectivity index (χ4n) is 4.07. The molecule has 2 unspecified atom stereocenters. The maximum Gasteiger partial charge on any atom is 0.407 e. The fraction of sp³-hybridized carbons (Fsp3) is 0.571. The van der Waals surface area contributed by atoms with Crippen molar-refractivity contribution in [2.45, 2.75) is 44.7 Å². The number of esters is 1. The van der Waals surface area contributed by atoms with E-state index in [-0.39, 0.29) is 13.3 Å². The molecule has 1 heterocycles. The summed E-state index contributed by atoms with van der Waals surface area (Å²) >= 11 is 0. The second kappa shape index (κ2) is 17.8. The third-order valence-electron chi connectivity index (χ3n) is 6.84. The number of nitrogens with one attached hydrogen (secondary N) is 3. The van der Waals surface area contributed by atoms with Crippen molar-refractivity contribution in [3.05, 3.63) is 48.0 Å². The number of halogens is 1. The summed E-state index contributed by atoms with van der Waals surface area (Å²) in [5, 5.41) is 4.93. The predicted octanol–water partition coefficient (Wildman–Crippen LogP) is 2.73. The number of alkyl carbamates (subject to hydrolysis) is 1. The van der Waals surface area contributed by atoms with E-state index in [9.17, 15) is 19.2 Å². The van der Waals surface area contributed by atoms with E-state index in [2.05, 4.69) is 20.3 Å². The molecular weight excluding hydrogens is 587 g/mol. The number of alkyl halides is 1. The number of carbonyl (C=O) groups is 4. The van der Waals surface area contributed by atoms with Crippen molar-refractivity contribution in [3.8, 4) is 0 Å². The average Bonchev–Trinajstić information content (AvgIpc) is 3.11. The van der Waals surface area contributed by atoms with E-state index < -0.39 is 59.0 Å². The number of aldehydes is 1. The summed E-state index contributed by atoms with van der Waals surface area (Å²) < 4.78 is 37.3. The summed E-state index contributed by atoms with van der Waals surface area (Å²) in [4.78, 5) is 58.2. The molecule has 1 aromatic carbocycles. The van der Waals surface area contributed by atoms with Crippen LogP contribution in [0.5, 0.6) is 0 Å². The smallest absolute Gasteiger partial charge is 0.407 e. The Kier molecular flexibility index (Phi) is 14.9. The summed E-state index contributed by atoms with van der Waals surface area (Å²) in [5.74, 6) is 1.46. The lowest BCUT2D eigenvalue weighted by atomic mass is 9.96. The molecule has 0 aliphatic carbocycles. The molecule has 242 valence electrons. The van der Waals surface area contributed by atoms with Crippen molar-refractivity contribution in [1.29, 1.82) is 0 Å². The van der Waals surface area contributed by atoms with Crippen LogP contribution in [0.25, 0.3) is 0 Å². The zero-order valence-corrected chi connectivity index (χ0v) is 26.0. The Labute approximate surface area is 253 Å². The molecule has 0 bridgehead atoms. The number of methoxy groups -OCH3 is 1. The first kappa shape index (κ1) is 36.0. The van der Waals surface area contributed by atoms with Crippen LogP contribution in [0.4, 0.5) is 14.0 Å². The van der Waals surface area contributed by atoms with Gasteiger partial charge in [0.2, 0.25) is 0 Å². The van der Waals surface area contributed by atoms with Crippen LogP contribution in [0.3, 0.4) is 0 Å². The molecule has 0 aromatic heterocycles. The van der Waals surface area contributed by atoms with Gasteiger partial charge >= 0.3 is 18.1 Å². The highest BCUT2D eigenvalue weighted by atomic mass is 32.3. The Bertz CT molecular complexity index is 1080. The minimum Gasteiger partial charge on any atom is -0.453 e. The van der Waals surface area contributed by atoms with E-state index in [0.717, 1.165) is 28.6 Å². The normalized spacial score (nSPS) is 21.5. The molecule has 0 saturated carbocycles. The predicted molar refractivity (Wildman–Crippen MR) is 159 cm³/mol. The Morgan fingerprint density at radius 1 is 1.26 bits per heavy atom. The van der Waals surface area contributed by atoms with Crippen LogP contribution < -0.4 is 15.5 Å². The number of amides is 3. The van der Waals surface area contributed by atoms with Crippen LogP contribution in [0.1, 0.15) is 32.4 Å². The Hall–Kier alpha value is -3.24. The quantitative estimate of drug-likeness (QED) is 0.128. The number of rotatable bonds is 13. The van der Waals surface area contributed by atoms with Gasteiger partial charge in [0.1, 0.15) is 25.2 Å². The van der Waals surface area contributed by atoms with Crippen molar-refractivity contribution >= 4 is 34.6 Å². The number of hydrogen-bond acceptors (Lipinski definition) is 10. The Balaban J connectivity index is 2.02. The number of nitrogens with zero attached hydrogens (tertiary/aromatic N) is 1. The highest BCUT2D eigenvalue weighted by Crippen LogP contribution is 2.44. The number of urea groups is 1. The molecule has 3 amide bonds. The van der Waals surface area contributed by atoms with Gasteiger partial charge in [-0.25, -0.2) is 18.8 Å². The number of allylic oxidation sites excluding steroid dienone is 1. The second-order valence-electron chi connectivity index (χ2n) is 9.77. The van der Waals surface area contributed by atoms with Crippen molar-refractivity contribution in [2.75, 3.05) is 58.1 Å². The van der Waals surface area contributed by atoms with Gasteiger partial charge in [-0.3, -0.25) is 14.5 Å². The van der Waals surface area contributed by atoms with Crippen LogP contribution >= 0.6 is 10.2 Å². The average molecular weight is 631 g/mol. The van der Waals surface area contributed by atoms with Crippen LogP contribution in [0, 0.1) is 0 Å². The summed E-state index contributed by atoms with van der Waals surface area (Å²) in [7, 11) is 1.10. The molecule has 0 radical (unpaired) electrons. The maximum absolute atomic E-state index is 15.8. The third kappa shape index (κ3) is 11.1. The molecule has 1 aliphatic heterocycles. The SMILES string of the molecule is CCS1(CC)CCOC[C@@H](OCNC(=O)N(C)COC(=O)C(NC(=O)OC)c2ccccc2)C([C@@](C)(F)/C=C\C=O)ON1. The lowest BCUT2D eigenvalue weighted by Gasteiger charge is -2.40. The monoisotopic (exact) mass is 630 g/mol. The van der Waals surface area contributed by atoms with E-state index in [4.69, 9.17) is 19.0 Å². The van der Waals surface area contributed by atoms with Gasteiger partial charge in [0, 0.05) is 12.8 Å². The van der Waals surface area contributed by atoms with Crippen molar-refractivity contribution in [1.82, 2.24) is 20.4 Å². The zero-order valence-electron chi connectivity index (χ0n) is 25.2. The molecule has 4 atom stereocenters. The summed E-state index contributed by atoms with van der Waals surface area (Å²) in [6.07, 6.45) is -0.413.